The van der Waals surface area contributed by atoms with E-state index in [0.29, 0.717) is 0 Å². The molecule has 6 nitrogen and oxygen atoms in total. The summed E-state index contributed by atoms with van der Waals surface area (Å²) in [4.78, 5) is 29.7. The number of nitrogens with one attached hydrogen (secondary N) is 2. The van der Waals surface area contributed by atoms with Gasteiger partial charge in [-0.3, -0.25) is 4.79 Å². The monoisotopic (exact) mass is 470 g/mol. The van der Waals surface area contributed by atoms with Gasteiger partial charge in [0.05, 0.1) is 11.7 Å². The van der Waals surface area contributed by atoms with Crippen LogP contribution in [0.3, 0.4) is 0 Å². The highest BCUT2D eigenvalue weighted by Gasteiger charge is 2.23. The topological polar surface area (TPSA) is 64.7 Å². The molecular formula is C27H39FN4O2. The summed E-state index contributed by atoms with van der Waals surface area (Å²) in [5, 5.41) is 5.70. The maximum absolute atomic E-state index is 14.1. The van der Waals surface area contributed by atoms with Crippen LogP contribution in [0.1, 0.15) is 58.6 Å². The summed E-state index contributed by atoms with van der Waals surface area (Å²) in [5.74, 6) is -0.598. The van der Waals surface area contributed by atoms with Crippen LogP contribution in [-0.4, -0.2) is 54.0 Å². The predicted octanol–water partition coefficient (Wildman–Crippen LogP) is 5.44. The van der Waals surface area contributed by atoms with Gasteiger partial charge in [0.1, 0.15) is 5.82 Å². The molecule has 0 heterocycles. The van der Waals surface area contributed by atoms with Crippen LogP contribution in [0.2, 0.25) is 0 Å². The third kappa shape index (κ3) is 8.78. The summed E-state index contributed by atoms with van der Waals surface area (Å²) in [6.45, 7) is 11.5. The van der Waals surface area contributed by atoms with Crippen molar-refractivity contribution >= 4 is 17.6 Å². The number of anilines is 1. The Balaban J connectivity index is 1.97. The number of para-hydroxylation sites is 1. The summed E-state index contributed by atoms with van der Waals surface area (Å²) in [6, 6.07) is 15.0. The van der Waals surface area contributed by atoms with E-state index in [0.717, 1.165) is 38.0 Å². The quantitative estimate of drug-likeness (QED) is 0.410. The van der Waals surface area contributed by atoms with Crippen LogP contribution in [0.5, 0.6) is 0 Å². The molecule has 0 bridgehead atoms. The Kier molecular flexibility index (Phi) is 11.5. The van der Waals surface area contributed by atoms with Gasteiger partial charge in [-0.1, -0.05) is 56.3 Å². The summed E-state index contributed by atoms with van der Waals surface area (Å²) < 4.78 is 14.1. The van der Waals surface area contributed by atoms with E-state index in [1.54, 1.807) is 17.0 Å². The molecule has 0 spiro atoms. The highest BCUT2D eigenvalue weighted by Crippen LogP contribution is 2.22. The van der Waals surface area contributed by atoms with Gasteiger partial charge in [0.2, 0.25) is 5.91 Å². The summed E-state index contributed by atoms with van der Waals surface area (Å²) in [6.07, 6.45) is 2.09. The Morgan fingerprint density at radius 1 is 0.941 bits per heavy atom. The van der Waals surface area contributed by atoms with Crippen LogP contribution in [0.25, 0.3) is 0 Å². The van der Waals surface area contributed by atoms with E-state index in [9.17, 15) is 14.0 Å². The van der Waals surface area contributed by atoms with Gasteiger partial charge in [0.25, 0.3) is 0 Å². The van der Waals surface area contributed by atoms with Crippen LogP contribution in [0, 0.1) is 5.82 Å². The zero-order chi connectivity index (χ0) is 24.9. The minimum Gasteiger partial charge on any atom is -0.354 e. The zero-order valence-corrected chi connectivity index (χ0v) is 20.9. The third-order valence-corrected chi connectivity index (χ3v) is 6.12. The predicted molar refractivity (Wildman–Crippen MR) is 136 cm³/mol. The first-order chi connectivity index (χ1) is 16.3. The number of hydrogen-bond donors (Lipinski definition) is 2. The smallest absolute Gasteiger partial charge is 0.322 e. The van der Waals surface area contributed by atoms with E-state index in [1.807, 2.05) is 44.2 Å². The van der Waals surface area contributed by atoms with Crippen molar-refractivity contribution in [2.24, 2.45) is 0 Å². The minimum atomic E-state index is -0.501. The Morgan fingerprint density at radius 2 is 1.59 bits per heavy atom. The molecule has 0 radical (unpaired) electrons. The van der Waals surface area contributed by atoms with Crippen LogP contribution < -0.4 is 10.6 Å². The summed E-state index contributed by atoms with van der Waals surface area (Å²) in [5.41, 5.74) is 1.06. The number of nitrogens with zero attached hydrogens (tertiary/aromatic N) is 2. The van der Waals surface area contributed by atoms with Crippen molar-refractivity contribution in [1.82, 2.24) is 15.1 Å². The molecule has 2 rings (SSSR count). The van der Waals surface area contributed by atoms with Gasteiger partial charge in [-0.05, 0) is 64.0 Å². The SMILES string of the molecule is CCN(CC)CCCC(C)NC(=O)CCN(C(=O)Nc1ccccc1F)C(C)c1ccccc1. The molecule has 2 N–H and O–H groups in total. The number of benzene rings is 2. The molecule has 0 aliphatic rings. The molecule has 0 fully saturated rings. The van der Waals surface area contributed by atoms with Gasteiger partial charge < -0.3 is 20.4 Å². The number of carbonyl (C=O) groups excluding carboxylic acids is 2. The molecule has 34 heavy (non-hydrogen) atoms. The minimum absolute atomic E-state index is 0.0651. The summed E-state index contributed by atoms with van der Waals surface area (Å²) in [7, 11) is 0. The number of carbonyl (C=O) groups is 2. The van der Waals surface area contributed by atoms with Crippen molar-refractivity contribution < 1.29 is 14.0 Å². The Labute approximate surface area is 203 Å². The number of amides is 3. The van der Waals surface area contributed by atoms with Gasteiger partial charge in [-0.2, -0.15) is 0 Å². The van der Waals surface area contributed by atoms with Crippen molar-refractivity contribution in [3.8, 4) is 0 Å². The fourth-order valence-corrected chi connectivity index (χ4v) is 3.93. The first-order valence-electron chi connectivity index (χ1n) is 12.2. The molecule has 0 aromatic heterocycles. The second-order valence-electron chi connectivity index (χ2n) is 8.58. The summed E-state index contributed by atoms with van der Waals surface area (Å²) >= 11 is 0. The van der Waals surface area contributed by atoms with E-state index in [1.165, 1.54) is 12.1 Å². The van der Waals surface area contributed by atoms with E-state index in [2.05, 4.69) is 29.4 Å². The molecule has 7 heteroatoms. The first-order valence-corrected chi connectivity index (χ1v) is 12.2. The molecular weight excluding hydrogens is 431 g/mol. The molecule has 3 amide bonds. The highest BCUT2D eigenvalue weighted by atomic mass is 19.1. The molecule has 0 aliphatic heterocycles. The van der Waals surface area contributed by atoms with Crippen molar-refractivity contribution in [3.63, 3.8) is 0 Å². The second kappa shape index (κ2) is 14.4. The molecule has 2 aromatic carbocycles. The lowest BCUT2D eigenvalue weighted by Gasteiger charge is -2.30. The molecule has 0 saturated heterocycles. The molecule has 0 saturated carbocycles. The van der Waals surface area contributed by atoms with E-state index < -0.39 is 11.8 Å². The standard InChI is InChI=1S/C27H39FN4O2/c1-5-31(6-2)19-12-13-21(3)29-26(33)18-20-32(22(4)23-14-8-7-9-15-23)27(34)30-25-17-11-10-16-24(25)28/h7-11,14-17,21-22H,5-6,12-13,18-20H2,1-4H3,(H,29,33)(H,30,34). The lowest BCUT2D eigenvalue weighted by atomic mass is 10.1. The Bertz CT molecular complexity index is 889. The maximum atomic E-state index is 14.1. The fourth-order valence-electron chi connectivity index (χ4n) is 3.93. The average Bonchev–Trinajstić information content (AvgIpc) is 2.83. The molecule has 2 aromatic rings. The van der Waals surface area contributed by atoms with Crippen molar-refractivity contribution in [3.05, 3.63) is 66.0 Å². The third-order valence-electron chi connectivity index (χ3n) is 6.12. The van der Waals surface area contributed by atoms with Crippen LogP contribution >= 0.6 is 0 Å². The van der Waals surface area contributed by atoms with Gasteiger partial charge in [-0.25, -0.2) is 9.18 Å². The normalized spacial score (nSPS) is 12.8. The number of hydrogen-bond acceptors (Lipinski definition) is 3. The number of urea groups is 1. The fraction of sp³-hybridized carbons (Fsp3) is 0.481. The average molecular weight is 471 g/mol. The Morgan fingerprint density at radius 3 is 2.24 bits per heavy atom. The van der Waals surface area contributed by atoms with Gasteiger partial charge >= 0.3 is 6.03 Å². The number of rotatable bonds is 13. The first kappa shape index (κ1) is 27.3. The van der Waals surface area contributed by atoms with Gasteiger partial charge in [0, 0.05) is 19.0 Å². The van der Waals surface area contributed by atoms with E-state index in [4.69, 9.17) is 0 Å². The lowest BCUT2D eigenvalue weighted by molar-refractivity contribution is -0.122. The van der Waals surface area contributed by atoms with Gasteiger partial charge in [-0.15, -0.1) is 0 Å². The van der Waals surface area contributed by atoms with Crippen LogP contribution in [-0.2, 0) is 4.79 Å². The lowest BCUT2D eigenvalue weighted by Crippen LogP contribution is -2.41. The van der Waals surface area contributed by atoms with Crippen molar-refractivity contribution in [2.75, 3.05) is 31.5 Å². The molecule has 2 unspecified atom stereocenters. The Hall–Kier alpha value is -2.93. The highest BCUT2D eigenvalue weighted by molar-refractivity contribution is 5.90. The van der Waals surface area contributed by atoms with E-state index in [-0.39, 0.29) is 36.6 Å². The van der Waals surface area contributed by atoms with Crippen LogP contribution in [0.4, 0.5) is 14.9 Å². The van der Waals surface area contributed by atoms with Crippen LogP contribution in [0.15, 0.2) is 54.6 Å². The van der Waals surface area contributed by atoms with E-state index >= 15 is 0 Å². The largest absolute Gasteiger partial charge is 0.354 e. The molecule has 2 atom stereocenters. The zero-order valence-electron chi connectivity index (χ0n) is 20.9. The molecule has 0 aliphatic carbocycles. The maximum Gasteiger partial charge on any atom is 0.322 e. The second-order valence-corrected chi connectivity index (χ2v) is 8.58. The van der Waals surface area contributed by atoms with Gasteiger partial charge in [0.15, 0.2) is 0 Å². The van der Waals surface area contributed by atoms with Crippen molar-refractivity contribution in [2.45, 2.75) is 59.0 Å². The molecule has 186 valence electrons. The number of halogens is 1. The van der Waals surface area contributed by atoms with Crippen molar-refractivity contribution in [1.29, 1.82) is 0 Å².